The number of sulfonamides is 1. The monoisotopic (exact) mass is 291 g/mol. The quantitative estimate of drug-likeness (QED) is 0.754. The average Bonchev–Trinajstić information content (AvgIpc) is 2.86. The zero-order valence-corrected chi connectivity index (χ0v) is 12.6. The summed E-state index contributed by atoms with van der Waals surface area (Å²) < 4.78 is 26.5. The molecule has 0 radical (unpaired) electrons. The minimum Gasteiger partial charge on any atom is -0.316 e. The van der Waals surface area contributed by atoms with Crippen LogP contribution >= 0.6 is 11.3 Å². The molecule has 2 atom stereocenters. The molecule has 18 heavy (non-hydrogen) atoms. The zero-order chi connectivity index (χ0) is 13.6. The second kappa shape index (κ2) is 7.18. The summed E-state index contributed by atoms with van der Waals surface area (Å²) in [5, 5.41) is 5.46. The van der Waals surface area contributed by atoms with Crippen LogP contribution in [0.2, 0.25) is 0 Å². The Kier molecular flexibility index (Phi) is 6.20. The van der Waals surface area contributed by atoms with Crippen LogP contribution in [0.5, 0.6) is 0 Å². The Balaban J connectivity index is 2.46. The maximum Gasteiger partial charge on any atom is 0.215 e. The van der Waals surface area contributed by atoms with Gasteiger partial charge in [-0.1, -0.05) is 13.8 Å². The molecule has 0 aliphatic rings. The number of hydrogen-bond acceptors (Lipinski definition) is 5. The molecule has 104 valence electrons. The van der Waals surface area contributed by atoms with E-state index in [-0.39, 0.29) is 5.92 Å². The highest BCUT2D eigenvalue weighted by atomic mass is 32.2. The van der Waals surface area contributed by atoms with Crippen molar-refractivity contribution in [1.29, 1.82) is 0 Å². The molecule has 0 saturated carbocycles. The third kappa shape index (κ3) is 4.64. The summed E-state index contributed by atoms with van der Waals surface area (Å²) >= 11 is 1.55. The number of aromatic nitrogens is 1. The van der Waals surface area contributed by atoms with E-state index >= 15 is 0 Å². The first-order valence-corrected chi connectivity index (χ1v) is 8.48. The molecule has 0 saturated heterocycles. The zero-order valence-electron chi connectivity index (χ0n) is 11.0. The highest BCUT2D eigenvalue weighted by Crippen LogP contribution is 2.16. The van der Waals surface area contributed by atoms with E-state index < -0.39 is 15.3 Å². The lowest BCUT2D eigenvalue weighted by atomic mass is 10.2. The van der Waals surface area contributed by atoms with Crippen molar-refractivity contribution in [3.05, 3.63) is 16.6 Å². The Morgan fingerprint density at radius 1 is 1.39 bits per heavy atom. The first kappa shape index (κ1) is 15.6. The van der Waals surface area contributed by atoms with E-state index in [4.69, 9.17) is 0 Å². The van der Waals surface area contributed by atoms with Crippen molar-refractivity contribution in [2.75, 3.05) is 19.6 Å². The normalized spacial score (nSPS) is 15.5. The van der Waals surface area contributed by atoms with Gasteiger partial charge in [0.05, 0.1) is 10.3 Å². The largest absolute Gasteiger partial charge is 0.316 e. The van der Waals surface area contributed by atoms with Crippen molar-refractivity contribution in [3.8, 4) is 0 Å². The van der Waals surface area contributed by atoms with Crippen LogP contribution in [-0.2, 0) is 10.0 Å². The molecule has 2 unspecified atom stereocenters. The van der Waals surface area contributed by atoms with Crippen molar-refractivity contribution >= 4 is 21.4 Å². The lowest BCUT2D eigenvalue weighted by Crippen LogP contribution is -2.40. The summed E-state index contributed by atoms with van der Waals surface area (Å²) in [6.45, 7) is 7.27. The summed E-state index contributed by atoms with van der Waals surface area (Å²) in [5.74, 6) is 0.103. The Hall–Kier alpha value is -0.500. The van der Waals surface area contributed by atoms with E-state index in [1.54, 1.807) is 24.5 Å². The van der Waals surface area contributed by atoms with Crippen LogP contribution in [0.15, 0.2) is 11.6 Å². The summed E-state index contributed by atoms with van der Waals surface area (Å²) in [6, 6.07) is 0. The van der Waals surface area contributed by atoms with E-state index in [1.807, 2.05) is 19.2 Å². The van der Waals surface area contributed by atoms with Crippen molar-refractivity contribution in [2.45, 2.75) is 31.9 Å². The fourth-order valence-corrected chi connectivity index (χ4v) is 3.21. The van der Waals surface area contributed by atoms with Crippen molar-refractivity contribution in [1.82, 2.24) is 15.0 Å². The molecular weight excluding hydrogens is 270 g/mol. The molecule has 0 aliphatic heterocycles. The second-order valence-corrected chi connectivity index (χ2v) is 7.39. The molecule has 0 amide bonds. The molecule has 0 bridgehead atoms. The minimum atomic E-state index is -3.25. The van der Waals surface area contributed by atoms with Crippen LogP contribution in [-0.4, -0.2) is 38.3 Å². The van der Waals surface area contributed by atoms with Gasteiger partial charge in [0.2, 0.25) is 10.0 Å². The van der Waals surface area contributed by atoms with Crippen LogP contribution in [0.3, 0.4) is 0 Å². The summed E-state index contributed by atoms with van der Waals surface area (Å²) in [5.41, 5.74) is 0. The molecule has 5 nitrogen and oxygen atoms in total. The van der Waals surface area contributed by atoms with Gasteiger partial charge in [0.25, 0.3) is 0 Å². The van der Waals surface area contributed by atoms with Gasteiger partial charge in [-0.3, -0.25) is 0 Å². The summed E-state index contributed by atoms with van der Waals surface area (Å²) in [6.07, 6.45) is 1.73. The van der Waals surface area contributed by atoms with Gasteiger partial charge < -0.3 is 5.32 Å². The Bertz CT molecular complexity index is 431. The van der Waals surface area contributed by atoms with Gasteiger partial charge in [-0.05, 0) is 13.5 Å². The highest BCUT2D eigenvalue weighted by molar-refractivity contribution is 7.90. The van der Waals surface area contributed by atoms with Gasteiger partial charge in [0.1, 0.15) is 0 Å². The fourth-order valence-electron chi connectivity index (χ4n) is 1.41. The van der Waals surface area contributed by atoms with Crippen LogP contribution in [0, 0.1) is 0 Å². The predicted octanol–water partition coefficient (Wildman–Crippen LogP) is 1.16. The number of rotatable bonds is 8. The summed E-state index contributed by atoms with van der Waals surface area (Å²) in [4.78, 5) is 4.18. The Labute approximate surface area is 113 Å². The summed E-state index contributed by atoms with van der Waals surface area (Å²) in [7, 11) is -3.25. The predicted molar refractivity (Wildman–Crippen MR) is 75.5 cm³/mol. The third-order valence-corrected chi connectivity index (χ3v) is 5.48. The second-order valence-electron chi connectivity index (χ2n) is 4.28. The number of nitrogens with zero attached hydrogens (tertiary/aromatic N) is 1. The third-order valence-electron chi connectivity index (χ3n) is 2.68. The molecule has 0 aromatic carbocycles. The Morgan fingerprint density at radius 3 is 2.67 bits per heavy atom. The molecule has 1 aromatic rings. The molecular formula is C11H21N3O2S2. The van der Waals surface area contributed by atoms with Gasteiger partial charge in [0.15, 0.2) is 0 Å². The van der Waals surface area contributed by atoms with Gasteiger partial charge >= 0.3 is 0 Å². The van der Waals surface area contributed by atoms with Gasteiger partial charge in [-0.25, -0.2) is 18.1 Å². The molecule has 2 N–H and O–H groups in total. The first-order valence-electron chi connectivity index (χ1n) is 6.06. The van der Waals surface area contributed by atoms with Gasteiger partial charge in [-0.2, -0.15) is 0 Å². The van der Waals surface area contributed by atoms with E-state index in [0.29, 0.717) is 13.1 Å². The van der Waals surface area contributed by atoms with E-state index in [2.05, 4.69) is 15.0 Å². The standard InChI is InChI=1S/C11H21N3O2S2/c1-4-12-8-10(3)18(15,16)14-7-9(2)11-13-5-6-17-11/h5-6,9-10,12,14H,4,7-8H2,1-3H3. The van der Waals surface area contributed by atoms with Crippen LogP contribution < -0.4 is 10.0 Å². The number of thiazole rings is 1. The Morgan fingerprint density at radius 2 is 2.11 bits per heavy atom. The maximum atomic E-state index is 11.9. The first-order chi connectivity index (χ1) is 8.47. The van der Waals surface area contributed by atoms with Crippen LogP contribution in [0.1, 0.15) is 31.7 Å². The number of hydrogen-bond donors (Lipinski definition) is 2. The molecule has 0 spiro atoms. The van der Waals surface area contributed by atoms with E-state index in [9.17, 15) is 8.42 Å². The van der Waals surface area contributed by atoms with Gasteiger partial charge in [0, 0.05) is 30.6 Å². The smallest absolute Gasteiger partial charge is 0.215 e. The average molecular weight is 291 g/mol. The molecule has 1 aromatic heterocycles. The minimum absolute atomic E-state index is 0.103. The fraction of sp³-hybridized carbons (Fsp3) is 0.727. The molecule has 7 heteroatoms. The van der Waals surface area contributed by atoms with E-state index in [0.717, 1.165) is 11.6 Å². The SMILES string of the molecule is CCNCC(C)S(=O)(=O)NCC(C)c1nccs1. The molecule has 1 heterocycles. The molecule has 1 rings (SSSR count). The van der Waals surface area contributed by atoms with Crippen molar-refractivity contribution in [3.63, 3.8) is 0 Å². The van der Waals surface area contributed by atoms with Crippen molar-refractivity contribution in [2.24, 2.45) is 0 Å². The van der Waals surface area contributed by atoms with Crippen LogP contribution in [0.25, 0.3) is 0 Å². The van der Waals surface area contributed by atoms with Gasteiger partial charge in [-0.15, -0.1) is 11.3 Å². The van der Waals surface area contributed by atoms with E-state index in [1.165, 1.54) is 0 Å². The maximum absolute atomic E-state index is 11.9. The topological polar surface area (TPSA) is 71.1 Å². The van der Waals surface area contributed by atoms with Crippen molar-refractivity contribution < 1.29 is 8.42 Å². The molecule has 0 aliphatic carbocycles. The molecule has 0 fully saturated rings. The number of nitrogens with one attached hydrogen (secondary N) is 2. The van der Waals surface area contributed by atoms with Crippen LogP contribution in [0.4, 0.5) is 0 Å². The highest BCUT2D eigenvalue weighted by Gasteiger charge is 2.21. The lowest BCUT2D eigenvalue weighted by Gasteiger charge is -2.16. The lowest BCUT2D eigenvalue weighted by molar-refractivity contribution is 0.554.